The van der Waals surface area contributed by atoms with Crippen LogP contribution in [0.2, 0.25) is 0 Å². The van der Waals surface area contributed by atoms with Crippen molar-refractivity contribution in [3.63, 3.8) is 0 Å². The van der Waals surface area contributed by atoms with E-state index < -0.39 is 19.2 Å². The lowest BCUT2D eigenvalue weighted by molar-refractivity contribution is -0.645. The van der Waals surface area contributed by atoms with Gasteiger partial charge in [-0.05, 0) is 67.9 Å². The molecule has 1 aromatic rings. The van der Waals surface area contributed by atoms with Crippen LogP contribution in [0.15, 0.2) is 18.2 Å². The summed E-state index contributed by atoms with van der Waals surface area (Å²) < 4.78 is 22.0. The number of benzene rings is 1. The normalized spacial score (nSPS) is 42.9. The van der Waals surface area contributed by atoms with Gasteiger partial charge in [-0.15, -0.1) is 11.6 Å². The van der Waals surface area contributed by atoms with Crippen LogP contribution in [0, 0.1) is 17.8 Å². The Morgan fingerprint density at radius 1 is 1.21 bits per heavy atom. The Bertz CT molecular complexity index is 866. The van der Waals surface area contributed by atoms with Crippen molar-refractivity contribution in [3.05, 3.63) is 29.3 Å². The number of alkyl halides is 1. The zero-order valence-electron chi connectivity index (χ0n) is 16.4. The molecule has 1 saturated heterocycles. The van der Waals surface area contributed by atoms with E-state index in [9.17, 15) is 14.4 Å². The van der Waals surface area contributed by atoms with Crippen molar-refractivity contribution >= 4 is 19.4 Å². The van der Waals surface area contributed by atoms with Gasteiger partial charge in [0.2, 0.25) is 0 Å². The van der Waals surface area contributed by atoms with E-state index >= 15 is 0 Å². The van der Waals surface area contributed by atoms with Gasteiger partial charge in [0.05, 0.1) is 0 Å². The van der Waals surface area contributed by atoms with E-state index in [-0.39, 0.29) is 22.5 Å². The number of hydrogen-bond donors (Lipinski definition) is 0. The third-order valence-corrected chi connectivity index (χ3v) is 8.35. The third kappa shape index (κ3) is 2.79. The van der Waals surface area contributed by atoms with Crippen LogP contribution in [-0.2, 0) is 31.3 Å². The van der Waals surface area contributed by atoms with Gasteiger partial charge in [-0.3, -0.25) is 0 Å². The number of rotatable bonds is 5. The highest BCUT2D eigenvalue weighted by molar-refractivity contribution is 7.43. The van der Waals surface area contributed by atoms with Crippen molar-refractivity contribution in [2.75, 3.05) is 7.11 Å². The molecule has 4 saturated carbocycles. The molecule has 6 rings (SSSR count). The van der Waals surface area contributed by atoms with E-state index in [1.165, 1.54) is 6.07 Å². The number of aryl methyl sites for hydroxylation is 1. The third-order valence-electron chi connectivity index (χ3n) is 7.46. The van der Waals surface area contributed by atoms with E-state index in [0.717, 1.165) is 32.1 Å². The highest BCUT2D eigenvalue weighted by Crippen LogP contribution is 2.71. The molecule has 0 aromatic heterocycles. The van der Waals surface area contributed by atoms with Gasteiger partial charge in [-0.1, -0.05) is 19.1 Å². The largest absolute Gasteiger partial charge is 0.780 e. The average Bonchev–Trinajstić information content (AvgIpc) is 2.59. The Labute approximate surface area is 174 Å². The Balaban J connectivity index is 1.58. The molecule has 0 radical (unpaired) electrons. The summed E-state index contributed by atoms with van der Waals surface area (Å²) in [5.74, 6) is -0.232. The van der Waals surface area contributed by atoms with E-state index in [1.54, 1.807) is 13.2 Å². The lowest BCUT2D eigenvalue weighted by atomic mass is 9.46. The van der Waals surface area contributed by atoms with Crippen molar-refractivity contribution in [2.24, 2.45) is 17.8 Å². The fourth-order valence-electron chi connectivity index (χ4n) is 6.60. The highest BCUT2D eigenvalue weighted by atomic mass is 35.5. The molecule has 3 atom stereocenters. The molecule has 1 aliphatic heterocycles. The number of phosphoric ester groups is 1. The van der Waals surface area contributed by atoms with Gasteiger partial charge < -0.3 is 23.6 Å². The molecule has 1 heterocycles. The Kier molecular flexibility index (Phi) is 4.49. The van der Waals surface area contributed by atoms with E-state index in [2.05, 4.69) is 0 Å². The fraction of sp³-hybridized carbons (Fsp3) is 0.700. The monoisotopic (exact) mass is 442 g/mol. The standard InChI is InChI=1S/C20H26ClO7P/c1-3-13-4-5-14(8-17(13)26-29(22,23)24)20(25-2)19(27-28-20)15-6-12-7-16(19)11-18(21,9-12)10-15/h4-5,8,12,15-16H,3,6-7,9-11H2,1-2H3,(H2,22,23,24)/p-2. The molecule has 0 amide bonds. The van der Waals surface area contributed by atoms with Crippen molar-refractivity contribution in [1.82, 2.24) is 0 Å². The first kappa shape index (κ1) is 20.3. The van der Waals surface area contributed by atoms with Gasteiger partial charge in [0.15, 0.2) is 5.60 Å². The minimum absolute atomic E-state index is 0.0121. The van der Waals surface area contributed by atoms with Gasteiger partial charge in [0.1, 0.15) is 13.6 Å². The van der Waals surface area contributed by atoms with Crippen molar-refractivity contribution < 1.29 is 33.4 Å². The maximum atomic E-state index is 11.3. The summed E-state index contributed by atoms with van der Waals surface area (Å²) >= 11 is 6.90. The summed E-state index contributed by atoms with van der Waals surface area (Å²) in [5, 5.41) is 0. The van der Waals surface area contributed by atoms with Crippen LogP contribution in [0.25, 0.3) is 0 Å². The minimum Gasteiger partial charge on any atom is -0.780 e. The predicted octanol–water partition coefficient (Wildman–Crippen LogP) is 2.77. The fourth-order valence-corrected chi connectivity index (χ4v) is 7.60. The van der Waals surface area contributed by atoms with E-state index in [1.807, 2.05) is 13.0 Å². The van der Waals surface area contributed by atoms with Crippen molar-refractivity contribution in [2.45, 2.75) is 61.7 Å². The van der Waals surface area contributed by atoms with Crippen LogP contribution in [0.5, 0.6) is 5.75 Å². The first-order valence-corrected chi connectivity index (χ1v) is 11.9. The van der Waals surface area contributed by atoms with Crippen LogP contribution in [-0.4, -0.2) is 17.6 Å². The van der Waals surface area contributed by atoms with E-state index in [0.29, 0.717) is 23.5 Å². The molecule has 4 aliphatic carbocycles. The summed E-state index contributed by atoms with van der Waals surface area (Å²) in [7, 11) is -3.64. The first-order valence-electron chi connectivity index (χ1n) is 10.1. The van der Waals surface area contributed by atoms with Crippen LogP contribution < -0.4 is 14.3 Å². The molecule has 29 heavy (non-hydrogen) atoms. The predicted molar refractivity (Wildman–Crippen MR) is 99.8 cm³/mol. The molecule has 4 bridgehead atoms. The van der Waals surface area contributed by atoms with Gasteiger partial charge in [-0.2, -0.15) is 4.89 Å². The number of methoxy groups -OCH3 is 1. The number of hydrogen-bond acceptors (Lipinski definition) is 7. The second-order valence-electron chi connectivity index (χ2n) is 8.99. The van der Waals surface area contributed by atoms with Crippen LogP contribution in [0.3, 0.4) is 0 Å². The molecule has 5 fully saturated rings. The van der Waals surface area contributed by atoms with Gasteiger partial charge in [0, 0.05) is 17.5 Å². The molecular weight excluding hydrogens is 419 g/mol. The van der Waals surface area contributed by atoms with Crippen LogP contribution in [0.1, 0.15) is 50.2 Å². The summed E-state index contributed by atoms with van der Waals surface area (Å²) in [4.78, 5) is 33.9. The molecule has 9 heteroatoms. The maximum absolute atomic E-state index is 11.3. The highest BCUT2D eigenvalue weighted by Gasteiger charge is 2.78. The molecule has 0 N–H and O–H groups in total. The topological polar surface area (TPSA) is 100 Å². The maximum Gasteiger partial charge on any atom is 0.260 e. The molecule has 5 aliphatic rings. The lowest BCUT2D eigenvalue weighted by Crippen LogP contribution is -2.78. The van der Waals surface area contributed by atoms with E-state index in [4.69, 9.17) is 30.6 Å². The van der Waals surface area contributed by atoms with Gasteiger partial charge in [-0.25, -0.2) is 4.89 Å². The second-order valence-corrected chi connectivity index (χ2v) is 10.9. The Morgan fingerprint density at radius 3 is 2.38 bits per heavy atom. The number of phosphoric acid groups is 1. The van der Waals surface area contributed by atoms with Crippen molar-refractivity contribution in [3.8, 4) is 5.75 Å². The number of ether oxygens (including phenoxy) is 1. The molecule has 7 nitrogen and oxygen atoms in total. The Hall–Kier alpha value is -0.660. The zero-order valence-corrected chi connectivity index (χ0v) is 18.0. The molecular formula is C20H24ClO7P-2. The SMILES string of the molecule is CCc1ccc(C2(OC)OOC23C2CC4CC3CC(Cl)(C4)C2)cc1OP(=O)([O-])[O-]. The summed E-state index contributed by atoms with van der Waals surface area (Å²) in [6, 6.07) is 5.12. The molecule has 160 valence electrons. The minimum atomic E-state index is -5.20. The van der Waals surface area contributed by atoms with Crippen LogP contribution in [0.4, 0.5) is 0 Å². The van der Waals surface area contributed by atoms with Gasteiger partial charge >= 0.3 is 0 Å². The summed E-state index contributed by atoms with van der Waals surface area (Å²) in [6.07, 6.45) is 5.24. The molecule has 1 spiro atoms. The zero-order chi connectivity index (χ0) is 20.7. The quantitative estimate of drug-likeness (QED) is 0.392. The van der Waals surface area contributed by atoms with Crippen molar-refractivity contribution in [1.29, 1.82) is 0 Å². The lowest BCUT2D eigenvalue weighted by Gasteiger charge is -2.70. The van der Waals surface area contributed by atoms with Gasteiger partial charge in [0.25, 0.3) is 5.79 Å². The summed E-state index contributed by atoms with van der Waals surface area (Å²) in [5.41, 5.74) is 0.523. The molecule has 3 unspecified atom stereocenters. The first-order chi connectivity index (χ1) is 13.6. The van der Waals surface area contributed by atoms with Crippen LogP contribution >= 0.6 is 19.4 Å². The summed E-state index contributed by atoms with van der Waals surface area (Å²) in [6.45, 7) is 1.86. The number of halogens is 1. The second kappa shape index (κ2) is 6.42. The smallest absolute Gasteiger partial charge is 0.260 e. The Morgan fingerprint density at radius 2 is 1.90 bits per heavy atom. The molecule has 1 aromatic carbocycles. The average molecular weight is 443 g/mol.